The number of ether oxygens (including phenoxy) is 1. The van der Waals surface area contributed by atoms with Gasteiger partial charge in [-0.2, -0.15) is 9.29 Å². The molecule has 7 heteroatoms. The zero-order chi connectivity index (χ0) is 20.5. The Morgan fingerprint density at radius 3 is 2.18 bits per heavy atom. The zero-order valence-electron chi connectivity index (χ0n) is 17.3. The first-order chi connectivity index (χ1) is 13.1. The molecule has 0 saturated carbocycles. The van der Waals surface area contributed by atoms with E-state index in [2.05, 4.69) is 30.7 Å². The van der Waals surface area contributed by atoms with Crippen LogP contribution in [0.3, 0.4) is 0 Å². The fourth-order valence-electron chi connectivity index (χ4n) is 3.38. The second-order valence-electron chi connectivity index (χ2n) is 8.39. The number of rotatable bonds is 4. The van der Waals surface area contributed by atoms with Gasteiger partial charge in [-0.25, -0.2) is 13.4 Å². The molecule has 3 rings (SSSR count). The van der Waals surface area contributed by atoms with E-state index in [4.69, 9.17) is 4.74 Å². The molecular weight excluding hydrogens is 374 g/mol. The maximum Gasteiger partial charge on any atom is 0.243 e. The summed E-state index contributed by atoms with van der Waals surface area (Å²) in [5.74, 6) is 1.23. The molecule has 0 radical (unpaired) electrons. The van der Waals surface area contributed by atoms with E-state index in [1.807, 2.05) is 32.0 Å². The molecule has 1 aliphatic heterocycles. The Morgan fingerprint density at radius 2 is 1.64 bits per heavy atom. The van der Waals surface area contributed by atoms with Crippen molar-refractivity contribution < 1.29 is 13.2 Å². The smallest absolute Gasteiger partial charge is 0.243 e. The van der Waals surface area contributed by atoms with Gasteiger partial charge in [-0.3, -0.25) is 0 Å². The number of piperidine rings is 1. The third-order valence-electron chi connectivity index (χ3n) is 4.99. The van der Waals surface area contributed by atoms with Crippen molar-refractivity contribution in [3.05, 3.63) is 47.4 Å². The number of aryl methyl sites for hydroxylation is 2. The van der Waals surface area contributed by atoms with Crippen LogP contribution in [0.25, 0.3) is 0 Å². The highest BCUT2D eigenvalue weighted by atomic mass is 32.2. The molecule has 0 unspecified atom stereocenters. The van der Waals surface area contributed by atoms with Gasteiger partial charge in [0.15, 0.2) is 0 Å². The fourth-order valence-corrected chi connectivity index (χ4v) is 4.85. The van der Waals surface area contributed by atoms with Crippen molar-refractivity contribution >= 4 is 10.0 Å². The highest BCUT2D eigenvalue weighted by Crippen LogP contribution is 2.26. The van der Waals surface area contributed by atoms with Gasteiger partial charge in [-0.05, 0) is 49.8 Å². The van der Waals surface area contributed by atoms with Gasteiger partial charge in [0.25, 0.3) is 0 Å². The molecule has 0 atom stereocenters. The van der Waals surface area contributed by atoms with E-state index in [9.17, 15) is 8.42 Å². The maximum absolute atomic E-state index is 13.0. The van der Waals surface area contributed by atoms with Crippen LogP contribution in [0.4, 0.5) is 0 Å². The first kappa shape index (κ1) is 20.7. The summed E-state index contributed by atoms with van der Waals surface area (Å²) in [6.07, 6.45) is 1.24. The molecule has 152 valence electrons. The highest BCUT2D eigenvalue weighted by molar-refractivity contribution is 7.89. The Labute approximate surface area is 168 Å². The molecule has 1 aliphatic rings. The molecule has 0 aliphatic carbocycles. The summed E-state index contributed by atoms with van der Waals surface area (Å²) in [5.41, 5.74) is 1.98. The largest absolute Gasteiger partial charge is 0.474 e. The molecular formula is C21H29N3O3S. The number of hydrogen-bond donors (Lipinski definition) is 0. The first-order valence-electron chi connectivity index (χ1n) is 9.65. The molecule has 2 heterocycles. The molecule has 1 fully saturated rings. The van der Waals surface area contributed by atoms with Crippen molar-refractivity contribution in [1.29, 1.82) is 0 Å². The average molecular weight is 404 g/mol. The Balaban J connectivity index is 1.65. The maximum atomic E-state index is 13.0. The van der Waals surface area contributed by atoms with Gasteiger partial charge in [0.2, 0.25) is 15.9 Å². The molecule has 0 spiro atoms. The number of sulfonamides is 1. The zero-order valence-corrected chi connectivity index (χ0v) is 18.1. The van der Waals surface area contributed by atoms with E-state index >= 15 is 0 Å². The van der Waals surface area contributed by atoms with E-state index in [1.165, 1.54) is 0 Å². The van der Waals surface area contributed by atoms with Crippen LogP contribution in [0, 0.1) is 13.8 Å². The van der Waals surface area contributed by atoms with Crippen molar-refractivity contribution in [2.45, 2.75) is 63.9 Å². The van der Waals surface area contributed by atoms with Gasteiger partial charge in [0.05, 0.1) is 4.90 Å². The van der Waals surface area contributed by atoms with Crippen molar-refractivity contribution in [1.82, 2.24) is 14.3 Å². The monoisotopic (exact) mass is 403 g/mol. The molecule has 1 aromatic heterocycles. The minimum absolute atomic E-state index is 0.00429. The van der Waals surface area contributed by atoms with Gasteiger partial charge in [0.1, 0.15) is 11.9 Å². The van der Waals surface area contributed by atoms with Crippen molar-refractivity contribution in [2.75, 3.05) is 13.1 Å². The minimum atomic E-state index is -3.48. The van der Waals surface area contributed by atoms with E-state index < -0.39 is 10.0 Å². The summed E-state index contributed by atoms with van der Waals surface area (Å²) >= 11 is 0. The lowest BCUT2D eigenvalue weighted by Gasteiger charge is -2.31. The molecule has 0 N–H and O–H groups in total. The molecule has 0 bridgehead atoms. The van der Waals surface area contributed by atoms with Gasteiger partial charge in [-0.1, -0.05) is 32.9 Å². The Morgan fingerprint density at radius 1 is 1.04 bits per heavy atom. The van der Waals surface area contributed by atoms with Crippen molar-refractivity contribution in [2.24, 2.45) is 0 Å². The van der Waals surface area contributed by atoms with Crippen LogP contribution in [0.15, 0.2) is 35.2 Å². The SMILES string of the molecule is Cc1cc(OC2CCN(S(=O)(=O)c3ccc(C(C)(C)C)cc3)CC2)nc(C)n1. The fraction of sp³-hybridized carbons (Fsp3) is 0.524. The summed E-state index contributed by atoms with van der Waals surface area (Å²) in [4.78, 5) is 8.90. The van der Waals surface area contributed by atoms with E-state index in [-0.39, 0.29) is 11.5 Å². The van der Waals surface area contributed by atoms with Crippen LogP contribution in [0.5, 0.6) is 5.88 Å². The molecule has 1 saturated heterocycles. The van der Waals surface area contributed by atoms with Crippen molar-refractivity contribution in [3.63, 3.8) is 0 Å². The summed E-state index contributed by atoms with van der Waals surface area (Å²) in [7, 11) is -3.48. The number of benzene rings is 1. The number of nitrogens with zero attached hydrogens (tertiary/aromatic N) is 3. The van der Waals surface area contributed by atoms with Crippen LogP contribution in [-0.4, -0.2) is 41.9 Å². The lowest BCUT2D eigenvalue weighted by Crippen LogP contribution is -2.41. The van der Waals surface area contributed by atoms with E-state index in [1.54, 1.807) is 16.4 Å². The molecule has 2 aromatic rings. The van der Waals surface area contributed by atoms with Crippen LogP contribution in [0.1, 0.15) is 50.7 Å². The summed E-state index contributed by atoms with van der Waals surface area (Å²) < 4.78 is 33.4. The third-order valence-corrected chi connectivity index (χ3v) is 6.90. The second-order valence-corrected chi connectivity index (χ2v) is 10.3. The van der Waals surface area contributed by atoms with Crippen molar-refractivity contribution in [3.8, 4) is 5.88 Å². The second kappa shape index (κ2) is 7.79. The van der Waals surface area contributed by atoms with E-state index in [0.29, 0.717) is 42.5 Å². The highest BCUT2D eigenvalue weighted by Gasteiger charge is 2.30. The van der Waals surface area contributed by atoms with Gasteiger partial charge in [-0.15, -0.1) is 0 Å². The molecule has 6 nitrogen and oxygen atoms in total. The lowest BCUT2D eigenvalue weighted by atomic mass is 9.87. The molecule has 1 aromatic carbocycles. The van der Waals surface area contributed by atoms with Gasteiger partial charge in [0, 0.05) is 24.8 Å². The van der Waals surface area contributed by atoms with Crippen LogP contribution >= 0.6 is 0 Å². The molecule has 28 heavy (non-hydrogen) atoms. The number of hydrogen-bond acceptors (Lipinski definition) is 5. The average Bonchev–Trinajstić information content (AvgIpc) is 2.61. The Kier molecular flexibility index (Phi) is 5.77. The minimum Gasteiger partial charge on any atom is -0.474 e. The third kappa shape index (κ3) is 4.70. The van der Waals surface area contributed by atoms with Gasteiger partial charge < -0.3 is 4.74 Å². The predicted molar refractivity (Wildman–Crippen MR) is 109 cm³/mol. The summed E-state index contributed by atoms with van der Waals surface area (Å²) in [5, 5.41) is 0. The summed E-state index contributed by atoms with van der Waals surface area (Å²) in [6.45, 7) is 11.0. The first-order valence-corrected chi connectivity index (χ1v) is 11.1. The van der Waals surface area contributed by atoms with Crippen LogP contribution in [-0.2, 0) is 15.4 Å². The predicted octanol–water partition coefficient (Wildman–Crippen LogP) is 3.62. The lowest BCUT2D eigenvalue weighted by molar-refractivity contribution is 0.129. The Hall–Kier alpha value is -1.99. The quantitative estimate of drug-likeness (QED) is 0.780. The molecule has 0 amide bonds. The normalized spacial score (nSPS) is 16.9. The summed E-state index contributed by atoms with van der Waals surface area (Å²) in [6, 6.07) is 9.05. The Bertz CT molecular complexity index is 906. The standard InChI is InChI=1S/C21H29N3O3S/c1-15-14-20(23-16(2)22-15)27-18-10-12-24(13-11-18)28(25,26)19-8-6-17(7-9-19)21(3,4)5/h6-9,14,18H,10-13H2,1-5H3. The van der Waals surface area contributed by atoms with E-state index in [0.717, 1.165) is 11.3 Å². The van der Waals surface area contributed by atoms with Crippen LogP contribution < -0.4 is 4.74 Å². The van der Waals surface area contributed by atoms with Gasteiger partial charge >= 0.3 is 0 Å². The topological polar surface area (TPSA) is 72.4 Å². The van der Waals surface area contributed by atoms with Crippen LogP contribution in [0.2, 0.25) is 0 Å². The number of aromatic nitrogens is 2.